The summed E-state index contributed by atoms with van der Waals surface area (Å²) in [6.07, 6.45) is 0. The average Bonchev–Trinajstić information content (AvgIpc) is 2.42. The fraction of sp³-hybridized carbons (Fsp3) is 0.500. The van der Waals surface area contributed by atoms with Crippen LogP contribution in [0, 0.1) is 0 Å². The zero-order valence-electron chi connectivity index (χ0n) is 13.0. The van der Waals surface area contributed by atoms with Gasteiger partial charge in [0.1, 0.15) is 0 Å². The van der Waals surface area contributed by atoms with Crippen LogP contribution >= 0.6 is 39.9 Å². The molecule has 0 aliphatic rings. The van der Waals surface area contributed by atoms with Crippen molar-refractivity contribution in [3.05, 3.63) is 22.2 Å². The third-order valence-corrected chi connectivity index (χ3v) is 3.19. The summed E-state index contributed by atoms with van der Waals surface area (Å²) in [6, 6.07) is 4.27. The molecule has 0 saturated heterocycles. The summed E-state index contributed by atoms with van der Waals surface area (Å²) < 4.78 is 11.5. The van der Waals surface area contributed by atoms with Crippen LogP contribution in [0.15, 0.2) is 21.6 Å². The molecule has 21 heavy (non-hydrogen) atoms. The van der Waals surface area contributed by atoms with Crippen LogP contribution in [0.2, 0.25) is 0 Å². The van der Waals surface area contributed by atoms with E-state index in [2.05, 4.69) is 45.4 Å². The fourth-order valence-corrected chi connectivity index (χ4v) is 2.38. The second-order valence-corrected chi connectivity index (χ2v) is 5.39. The normalized spacial score (nSPS) is 10.9. The number of hydrogen-bond acceptors (Lipinski definition) is 3. The molecule has 7 heteroatoms. The Kier molecular flexibility index (Phi) is 9.76. The Morgan fingerprint density at radius 2 is 1.95 bits per heavy atom. The van der Waals surface area contributed by atoms with E-state index in [1.807, 2.05) is 12.1 Å². The molecule has 1 rings (SSSR count). The lowest BCUT2D eigenvalue weighted by Gasteiger charge is -2.16. The van der Waals surface area contributed by atoms with Crippen molar-refractivity contribution in [2.24, 2.45) is 4.99 Å². The van der Waals surface area contributed by atoms with Crippen LogP contribution in [0.3, 0.4) is 0 Å². The summed E-state index contributed by atoms with van der Waals surface area (Å²) in [4.78, 5) is 4.17. The molecule has 0 saturated carbocycles. The highest BCUT2D eigenvalue weighted by atomic mass is 127. The van der Waals surface area contributed by atoms with Crippen molar-refractivity contribution in [3.63, 3.8) is 0 Å². The van der Waals surface area contributed by atoms with Crippen LogP contribution in [-0.2, 0) is 6.54 Å². The molecule has 0 aromatic heterocycles. The summed E-state index contributed by atoms with van der Waals surface area (Å²) in [5.74, 6) is 2.16. The summed E-state index contributed by atoms with van der Waals surface area (Å²) in [7, 11) is 5.00. The topological polar surface area (TPSA) is 54.9 Å². The molecule has 1 aromatic carbocycles. The van der Waals surface area contributed by atoms with Gasteiger partial charge in [0.05, 0.1) is 18.7 Å². The molecule has 1 aromatic rings. The predicted molar refractivity (Wildman–Crippen MR) is 101 cm³/mol. The minimum Gasteiger partial charge on any atom is -0.493 e. The van der Waals surface area contributed by atoms with Gasteiger partial charge in [-0.15, -0.1) is 24.0 Å². The molecular formula is C14H23BrIN3O2. The van der Waals surface area contributed by atoms with Gasteiger partial charge in [-0.25, -0.2) is 0 Å². The van der Waals surface area contributed by atoms with Crippen LogP contribution in [0.1, 0.15) is 19.4 Å². The van der Waals surface area contributed by atoms with Gasteiger partial charge in [-0.05, 0) is 47.5 Å². The number of nitrogens with one attached hydrogen (secondary N) is 2. The highest BCUT2D eigenvalue weighted by Gasteiger charge is 2.10. The number of rotatable bonds is 5. The molecule has 0 unspecified atom stereocenters. The first-order chi connectivity index (χ1) is 9.51. The van der Waals surface area contributed by atoms with Crippen molar-refractivity contribution in [2.75, 3.05) is 21.3 Å². The van der Waals surface area contributed by atoms with Crippen molar-refractivity contribution < 1.29 is 9.47 Å². The largest absolute Gasteiger partial charge is 0.493 e. The lowest BCUT2D eigenvalue weighted by molar-refractivity contribution is 0.352. The van der Waals surface area contributed by atoms with Gasteiger partial charge in [0.25, 0.3) is 0 Å². The van der Waals surface area contributed by atoms with Gasteiger partial charge in [-0.1, -0.05) is 0 Å². The lowest BCUT2D eigenvalue weighted by Crippen LogP contribution is -2.40. The Morgan fingerprint density at radius 3 is 2.43 bits per heavy atom. The van der Waals surface area contributed by atoms with Crippen LogP contribution in [0.4, 0.5) is 0 Å². The Hall–Kier alpha value is -0.700. The SMILES string of the molecule is CN=C(NCc1cc(Br)c(OC)c(OC)c1)NC(C)C.I. The Labute approximate surface area is 152 Å². The standard InChI is InChI=1S/C14H22BrN3O2.HI/c1-9(2)18-14(16-3)17-8-10-6-11(15)13(20-5)12(7-10)19-4;/h6-7,9H,8H2,1-5H3,(H2,16,17,18);1H. The van der Waals surface area contributed by atoms with E-state index in [4.69, 9.17) is 9.47 Å². The van der Waals surface area contributed by atoms with E-state index < -0.39 is 0 Å². The van der Waals surface area contributed by atoms with E-state index in [1.54, 1.807) is 21.3 Å². The highest BCUT2D eigenvalue weighted by molar-refractivity contribution is 14.0. The van der Waals surface area contributed by atoms with Gasteiger partial charge in [-0.2, -0.15) is 0 Å². The molecule has 120 valence electrons. The fourth-order valence-electron chi connectivity index (χ4n) is 1.73. The molecule has 0 spiro atoms. The maximum atomic E-state index is 5.33. The van der Waals surface area contributed by atoms with Crippen molar-refractivity contribution in [1.29, 1.82) is 0 Å². The maximum absolute atomic E-state index is 5.33. The molecule has 0 bridgehead atoms. The third-order valence-electron chi connectivity index (χ3n) is 2.60. The van der Waals surface area contributed by atoms with Crippen LogP contribution in [-0.4, -0.2) is 33.3 Å². The third kappa shape index (κ3) is 6.29. The van der Waals surface area contributed by atoms with E-state index >= 15 is 0 Å². The van der Waals surface area contributed by atoms with Crippen LogP contribution in [0.5, 0.6) is 11.5 Å². The quantitative estimate of drug-likeness (QED) is 0.393. The molecule has 0 radical (unpaired) electrons. The smallest absolute Gasteiger partial charge is 0.191 e. The first-order valence-corrected chi connectivity index (χ1v) is 7.18. The Morgan fingerprint density at radius 1 is 1.29 bits per heavy atom. The number of guanidine groups is 1. The molecule has 0 amide bonds. The minimum atomic E-state index is 0. The zero-order chi connectivity index (χ0) is 15.1. The number of benzene rings is 1. The summed E-state index contributed by atoms with van der Waals surface area (Å²) in [5.41, 5.74) is 1.07. The van der Waals surface area contributed by atoms with Crippen molar-refractivity contribution in [2.45, 2.75) is 26.4 Å². The van der Waals surface area contributed by atoms with Gasteiger partial charge < -0.3 is 20.1 Å². The van der Waals surface area contributed by atoms with E-state index in [9.17, 15) is 0 Å². The Bertz CT molecular complexity index is 482. The molecular weight excluding hydrogens is 449 g/mol. The number of nitrogens with zero attached hydrogens (tertiary/aromatic N) is 1. The van der Waals surface area contributed by atoms with Crippen LogP contribution in [0.25, 0.3) is 0 Å². The molecule has 0 heterocycles. The van der Waals surface area contributed by atoms with E-state index in [1.165, 1.54) is 0 Å². The summed E-state index contributed by atoms with van der Waals surface area (Å²) in [6.45, 7) is 4.78. The molecule has 0 aliphatic carbocycles. The molecule has 5 nitrogen and oxygen atoms in total. The molecule has 2 N–H and O–H groups in total. The molecule has 0 fully saturated rings. The zero-order valence-corrected chi connectivity index (χ0v) is 16.9. The monoisotopic (exact) mass is 471 g/mol. The maximum Gasteiger partial charge on any atom is 0.191 e. The second-order valence-electron chi connectivity index (χ2n) is 4.54. The minimum absolute atomic E-state index is 0. The van der Waals surface area contributed by atoms with Gasteiger partial charge in [-0.3, -0.25) is 4.99 Å². The summed E-state index contributed by atoms with van der Waals surface area (Å²) >= 11 is 3.48. The molecule has 0 atom stereocenters. The second kappa shape index (κ2) is 10.1. The number of hydrogen-bond donors (Lipinski definition) is 2. The average molecular weight is 472 g/mol. The van der Waals surface area contributed by atoms with Gasteiger partial charge in [0.2, 0.25) is 0 Å². The first-order valence-electron chi connectivity index (χ1n) is 6.39. The number of aliphatic imine (C=N–C) groups is 1. The number of ether oxygens (including phenoxy) is 2. The van der Waals surface area contributed by atoms with Gasteiger partial charge in [0.15, 0.2) is 17.5 Å². The predicted octanol–water partition coefficient (Wildman–Crippen LogP) is 3.16. The van der Waals surface area contributed by atoms with Crippen molar-refractivity contribution in [1.82, 2.24) is 10.6 Å². The van der Waals surface area contributed by atoms with E-state index in [0.29, 0.717) is 24.1 Å². The Balaban J connectivity index is 0.00000400. The number of methoxy groups -OCH3 is 2. The number of halogens is 2. The van der Waals surface area contributed by atoms with E-state index in [-0.39, 0.29) is 24.0 Å². The van der Waals surface area contributed by atoms with Crippen LogP contribution < -0.4 is 20.1 Å². The highest BCUT2D eigenvalue weighted by Crippen LogP contribution is 2.36. The van der Waals surface area contributed by atoms with Gasteiger partial charge in [0, 0.05) is 19.6 Å². The first kappa shape index (κ1) is 20.3. The summed E-state index contributed by atoms with van der Waals surface area (Å²) in [5, 5.41) is 6.49. The van der Waals surface area contributed by atoms with Crippen molar-refractivity contribution in [3.8, 4) is 11.5 Å². The molecule has 0 aliphatic heterocycles. The van der Waals surface area contributed by atoms with E-state index in [0.717, 1.165) is 16.0 Å². The van der Waals surface area contributed by atoms with Crippen molar-refractivity contribution >= 4 is 45.9 Å². The van der Waals surface area contributed by atoms with Gasteiger partial charge >= 0.3 is 0 Å². The lowest BCUT2D eigenvalue weighted by atomic mass is 10.2.